The highest BCUT2D eigenvalue weighted by Crippen LogP contribution is 2.21. The number of hydrogen-bond donors (Lipinski definition) is 1. The third kappa shape index (κ3) is 3.14. The minimum atomic E-state index is -0.329. The Morgan fingerprint density at radius 1 is 0.944 bits per heavy atom. The van der Waals surface area contributed by atoms with Crippen molar-refractivity contribution in [1.29, 1.82) is 0 Å². The Balaban J connectivity index is 2.19. The van der Waals surface area contributed by atoms with Gasteiger partial charge in [-0.05, 0) is 41.8 Å². The standard InChI is InChI=1S/C15H14F2O/c16-14-5-1-3-11(8-14)7-13(10-18)12-4-2-6-15(17)9-12/h1-6,8-9,13,18H,7,10H2. The first kappa shape index (κ1) is 12.7. The van der Waals surface area contributed by atoms with Gasteiger partial charge in [0.1, 0.15) is 11.6 Å². The topological polar surface area (TPSA) is 20.2 Å². The van der Waals surface area contributed by atoms with Crippen LogP contribution in [-0.4, -0.2) is 11.7 Å². The summed E-state index contributed by atoms with van der Waals surface area (Å²) in [6, 6.07) is 12.4. The average molecular weight is 248 g/mol. The van der Waals surface area contributed by atoms with Crippen LogP contribution in [0.5, 0.6) is 0 Å². The minimum absolute atomic E-state index is 0.0973. The summed E-state index contributed by atoms with van der Waals surface area (Å²) in [5.74, 6) is -0.851. The summed E-state index contributed by atoms with van der Waals surface area (Å²) in [5.41, 5.74) is 1.51. The quantitative estimate of drug-likeness (QED) is 0.880. The fraction of sp³-hybridized carbons (Fsp3) is 0.200. The highest BCUT2D eigenvalue weighted by molar-refractivity contribution is 5.25. The van der Waals surface area contributed by atoms with E-state index < -0.39 is 0 Å². The molecule has 1 unspecified atom stereocenters. The Morgan fingerprint density at radius 2 is 1.61 bits per heavy atom. The Morgan fingerprint density at radius 3 is 2.22 bits per heavy atom. The van der Waals surface area contributed by atoms with Crippen molar-refractivity contribution in [1.82, 2.24) is 0 Å². The second-order valence-electron chi connectivity index (χ2n) is 4.27. The van der Waals surface area contributed by atoms with Gasteiger partial charge in [0.05, 0.1) is 6.61 Å². The molecule has 0 aliphatic carbocycles. The van der Waals surface area contributed by atoms with Crippen LogP contribution < -0.4 is 0 Å². The Kier molecular flexibility index (Phi) is 4.05. The van der Waals surface area contributed by atoms with Crippen molar-refractivity contribution >= 4 is 0 Å². The molecule has 0 aliphatic rings. The molecule has 0 saturated carbocycles. The Bertz CT molecular complexity index is 525. The average Bonchev–Trinajstić information content (AvgIpc) is 2.36. The molecule has 0 spiro atoms. The second-order valence-corrected chi connectivity index (χ2v) is 4.27. The number of hydrogen-bond acceptors (Lipinski definition) is 1. The number of halogens is 2. The van der Waals surface area contributed by atoms with Crippen molar-refractivity contribution in [3.63, 3.8) is 0 Å². The van der Waals surface area contributed by atoms with Crippen LogP contribution in [0.2, 0.25) is 0 Å². The van der Waals surface area contributed by atoms with Crippen molar-refractivity contribution in [3.8, 4) is 0 Å². The van der Waals surface area contributed by atoms with Gasteiger partial charge in [-0.3, -0.25) is 0 Å². The molecule has 2 aromatic carbocycles. The molecule has 1 N–H and O–H groups in total. The lowest BCUT2D eigenvalue weighted by Crippen LogP contribution is -2.08. The van der Waals surface area contributed by atoms with Crippen LogP contribution in [0.25, 0.3) is 0 Å². The maximum absolute atomic E-state index is 13.1. The van der Waals surface area contributed by atoms with Crippen molar-refractivity contribution in [2.45, 2.75) is 12.3 Å². The summed E-state index contributed by atoms with van der Waals surface area (Å²) in [7, 11) is 0. The molecule has 3 heteroatoms. The van der Waals surface area contributed by atoms with Crippen LogP contribution >= 0.6 is 0 Å². The largest absolute Gasteiger partial charge is 0.396 e. The first-order valence-electron chi connectivity index (χ1n) is 5.80. The van der Waals surface area contributed by atoms with E-state index in [9.17, 15) is 13.9 Å². The van der Waals surface area contributed by atoms with Crippen LogP contribution in [0.4, 0.5) is 8.78 Å². The first-order chi connectivity index (χ1) is 8.69. The van der Waals surface area contributed by atoms with E-state index in [0.717, 1.165) is 11.1 Å². The van der Waals surface area contributed by atoms with Crippen LogP contribution in [0, 0.1) is 11.6 Å². The van der Waals surface area contributed by atoms with Crippen molar-refractivity contribution < 1.29 is 13.9 Å². The molecule has 2 rings (SSSR count). The van der Waals surface area contributed by atoms with E-state index in [4.69, 9.17) is 0 Å². The zero-order chi connectivity index (χ0) is 13.0. The van der Waals surface area contributed by atoms with Gasteiger partial charge in [-0.2, -0.15) is 0 Å². The number of rotatable bonds is 4. The summed E-state index contributed by atoms with van der Waals surface area (Å²) >= 11 is 0. The van der Waals surface area contributed by atoms with Crippen molar-refractivity contribution in [3.05, 3.63) is 71.3 Å². The van der Waals surface area contributed by atoms with Gasteiger partial charge >= 0.3 is 0 Å². The van der Waals surface area contributed by atoms with Gasteiger partial charge < -0.3 is 5.11 Å². The van der Waals surface area contributed by atoms with Gasteiger partial charge in [-0.15, -0.1) is 0 Å². The van der Waals surface area contributed by atoms with E-state index in [1.165, 1.54) is 24.3 Å². The molecule has 94 valence electrons. The lowest BCUT2D eigenvalue weighted by Gasteiger charge is -2.14. The van der Waals surface area contributed by atoms with Gasteiger partial charge in [-0.1, -0.05) is 24.3 Å². The Labute approximate surface area is 105 Å². The summed E-state index contributed by atoms with van der Waals surface area (Å²) in [5, 5.41) is 9.38. The lowest BCUT2D eigenvalue weighted by molar-refractivity contribution is 0.264. The maximum Gasteiger partial charge on any atom is 0.123 e. The molecule has 18 heavy (non-hydrogen) atoms. The molecular weight excluding hydrogens is 234 g/mol. The maximum atomic E-state index is 13.1. The smallest absolute Gasteiger partial charge is 0.123 e. The summed E-state index contributed by atoms with van der Waals surface area (Å²) in [4.78, 5) is 0. The summed E-state index contributed by atoms with van der Waals surface area (Å²) in [6.07, 6.45) is 0.484. The van der Waals surface area contributed by atoms with E-state index in [2.05, 4.69) is 0 Å². The van der Waals surface area contributed by atoms with E-state index in [0.29, 0.717) is 6.42 Å². The molecule has 0 saturated heterocycles. The normalized spacial score (nSPS) is 12.4. The molecule has 1 atom stereocenters. The first-order valence-corrected chi connectivity index (χ1v) is 5.80. The molecule has 2 aromatic rings. The molecule has 0 bridgehead atoms. The molecule has 0 radical (unpaired) electrons. The fourth-order valence-electron chi connectivity index (χ4n) is 2.00. The molecule has 0 heterocycles. The molecule has 0 aliphatic heterocycles. The third-order valence-corrected chi connectivity index (χ3v) is 2.91. The minimum Gasteiger partial charge on any atom is -0.396 e. The van der Waals surface area contributed by atoms with Crippen LogP contribution in [0.15, 0.2) is 48.5 Å². The molecule has 0 aromatic heterocycles. The van der Waals surface area contributed by atoms with Crippen LogP contribution in [0.1, 0.15) is 17.0 Å². The molecule has 0 amide bonds. The van der Waals surface area contributed by atoms with E-state index in [-0.39, 0.29) is 24.2 Å². The van der Waals surface area contributed by atoms with E-state index in [1.807, 2.05) is 0 Å². The van der Waals surface area contributed by atoms with Gasteiger partial charge in [0, 0.05) is 5.92 Å². The van der Waals surface area contributed by atoms with Crippen molar-refractivity contribution in [2.24, 2.45) is 0 Å². The number of aliphatic hydroxyl groups excluding tert-OH is 1. The molecule has 0 fully saturated rings. The summed E-state index contributed by atoms with van der Waals surface area (Å²) < 4.78 is 26.2. The molecular formula is C15H14F2O. The van der Waals surface area contributed by atoms with Crippen molar-refractivity contribution in [2.75, 3.05) is 6.61 Å². The summed E-state index contributed by atoms with van der Waals surface area (Å²) in [6.45, 7) is -0.0973. The van der Waals surface area contributed by atoms with Gasteiger partial charge in [-0.25, -0.2) is 8.78 Å². The van der Waals surface area contributed by atoms with Gasteiger partial charge in [0.25, 0.3) is 0 Å². The predicted molar refractivity (Wildman–Crippen MR) is 66.3 cm³/mol. The second kappa shape index (κ2) is 5.74. The SMILES string of the molecule is OCC(Cc1cccc(F)c1)c1cccc(F)c1. The third-order valence-electron chi connectivity index (χ3n) is 2.91. The van der Waals surface area contributed by atoms with Crippen LogP contribution in [-0.2, 0) is 6.42 Å². The number of aliphatic hydroxyl groups is 1. The zero-order valence-electron chi connectivity index (χ0n) is 9.81. The zero-order valence-corrected chi connectivity index (χ0v) is 9.81. The van der Waals surface area contributed by atoms with Gasteiger partial charge in [0.2, 0.25) is 0 Å². The fourth-order valence-corrected chi connectivity index (χ4v) is 2.00. The predicted octanol–water partition coefficient (Wildman–Crippen LogP) is 3.28. The monoisotopic (exact) mass is 248 g/mol. The highest BCUT2D eigenvalue weighted by Gasteiger charge is 2.12. The number of benzene rings is 2. The lowest BCUT2D eigenvalue weighted by atomic mass is 9.92. The van der Waals surface area contributed by atoms with Gasteiger partial charge in [0.15, 0.2) is 0 Å². The highest BCUT2D eigenvalue weighted by atomic mass is 19.1. The van der Waals surface area contributed by atoms with Crippen LogP contribution in [0.3, 0.4) is 0 Å². The Hall–Kier alpha value is -1.74. The van der Waals surface area contributed by atoms with E-state index in [1.54, 1.807) is 24.3 Å². The van der Waals surface area contributed by atoms with E-state index >= 15 is 0 Å². The molecule has 1 nitrogen and oxygen atoms in total.